The van der Waals surface area contributed by atoms with Gasteiger partial charge in [0.15, 0.2) is 0 Å². The predicted octanol–water partition coefficient (Wildman–Crippen LogP) is -2.75. The van der Waals surface area contributed by atoms with Gasteiger partial charge in [-0.25, -0.2) is 0 Å². The topological polar surface area (TPSA) is 80.3 Å². The van der Waals surface area contributed by atoms with E-state index in [1.54, 1.807) is 0 Å². The molecule has 0 aliphatic heterocycles. The van der Waals surface area contributed by atoms with Crippen molar-refractivity contribution in [3.8, 4) is 0 Å². The Hall–Kier alpha value is -0.788. The van der Waals surface area contributed by atoms with E-state index in [0.717, 1.165) is 0 Å². The predicted molar refractivity (Wildman–Crippen MR) is 30.8 cm³/mol. The molecule has 0 atom stereocenters. The average molecular weight is 156 g/mol. The third-order valence-corrected chi connectivity index (χ3v) is 0.355. The van der Waals surface area contributed by atoms with Crippen molar-refractivity contribution in [1.29, 1.82) is 0 Å². The monoisotopic (exact) mass is 156 g/mol. The molecule has 0 bridgehead atoms. The van der Waals surface area contributed by atoms with E-state index in [-0.39, 0.29) is 0 Å². The summed E-state index contributed by atoms with van der Waals surface area (Å²) >= 11 is 2.42. The van der Waals surface area contributed by atoms with Gasteiger partial charge < -0.3 is 19.8 Å². The molecule has 0 aromatic heterocycles. The summed E-state index contributed by atoms with van der Waals surface area (Å²) < 4.78 is 0. The van der Waals surface area contributed by atoms with Crippen LogP contribution >= 0.6 is 0 Å². The number of carbonyl (C=O) groups is 2. The van der Waals surface area contributed by atoms with Crippen LogP contribution in [0.15, 0.2) is 12.2 Å². The summed E-state index contributed by atoms with van der Waals surface area (Å²) in [6.45, 7) is 0. The molecule has 0 aliphatic rings. The molecular weight excluding hydrogens is 151 g/mol. The zero-order valence-corrected chi connectivity index (χ0v) is 6.52. The van der Waals surface area contributed by atoms with Gasteiger partial charge in [-0.1, -0.05) is 0 Å². The van der Waals surface area contributed by atoms with Crippen molar-refractivity contribution in [3.63, 3.8) is 0 Å². The normalized spacial score (nSPS) is 8.30. The molecule has 5 heteroatoms. The van der Waals surface area contributed by atoms with Crippen molar-refractivity contribution >= 4 is 28.2 Å². The molecule has 4 nitrogen and oxygen atoms in total. The molecule has 0 saturated carbocycles. The zero-order chi connectivity index (χ0) is 8.57. The summed E-state index contributed by atoms with van der Waals surface area (Å²) in [4.78, 5) is 18.8. The maximum absolute atomic E-state index is 9.41. The van der Waals surface area contributed by atoms with Gasteiger partial charge in [-0.05, 0) is 12.2 Å². The van der Waals surface area contributed by atoms with E-state index in [9.17, 15) is 19.8 Å². The standard InChI is InChI=1S/C4H4O4.CH3.Al/c5-3(6)1-2-4(7)8;;/h1-2H,(H,5,6)(H,7,8);1H3;/q;;+2/p-2/b2-1+;;. The summed E-state index contributed by atoms with van der Waals surface area (Å²) in [7, 11) is 0. The molecule has 0 aromatic carbocycles. The van der Waals surface area contributed by atoms with Gasteiger partial charge >= 0.3 is 22.1 Å². The molecule has 10 heavy (non-hydrogen) atoms. The van der Waals surface area contributed by atoms with Gasteiger partial charge in [0.2, 0.25) is 0 Å². The maximum atomic E-state index is 9.41. The summed E-state index contributed by atoms with van der Waals surface area (Å²) in [6.07, 6.45) is 0.769. The van der Waals surface area contributed by atoms with Gasteiger partial charge in [-0.15, -0.1) is 0 Å². The number of rotatable bonds is 2. The van der Waals surface area contributed by atoms with Gasteiger partial charge in [0.05, 0.1) is 11.9 Å². The van der Waals surface area contributed by atoms with Crippen molar-refractivity contribution in [2.24, 2.45) is 0 Å². The van der Waals surface area contributed by atoms with E-state index in [1.165, 1.54) is 0 Å². The number of carbonyl (C=O) groups excluding carboxylic acids is 2. The molecule has 0 aromatic rings. The van der Waals surface area contributed by atoms with Crippen LogP contribution in [0.4, 0.5) is 0 Å². The second-order valence-corrected chi connectivity index (χ2v) is 0.971. The fourth-order valence-corrected chi connectivity index (χ4v) is 0.136. The second-order valence-electron chi connectivity index (χ2n) is 0.971. The Kier molecular flexibility index (Phi) is 9.81. The van der Waals surface area contributed by atoms with Crippen LogP contribution in [0.2, 0.25) is 5.79 Å². The molecular formula is C5H5AlO4. The molecule has 0 heterocycles. The van der Waals surface area contributed by atoms with E-state index in [4.69, 9.17) is 0 Å². The van der Waals surface area contributed by atoms with Crippen LogP contribution < -0.4 is 10.2 Å². The first kappa shape index (κ1) is 11.9. The van der Waals surface area contributed by atoms with E-state index in [1.807, 2.05) is 5.79 Å². The Morgan fingerprint density at radius 2 is 1.30 bits per heavy atom. The second kappa shape index (κ2) is 8.21. The summed E-state index contributed by atoms with van der Waals surface area (Å²) in [5.41, 5.74) is 0. The molecule has 0 spiro atoms. The van der Waals surface area contributed by atoms with Gasteiger partial charge in [0.25, 0.3) is 0 Å². The molecule has 0 fully saturated rings. The quantitative estimate of drug-likeness (QED) is 0.320. The third kappa shape index (κ3) is 15.7. The van der Waals surface area contributed by atoms with Crippen molar-refractivity contribution in [1.82, 2.24) is 0 Å². The molecule has 52 valence electrons. The average Bonchev–Trinajstić information content (AvgIpc) is 1.89. The van der Waals surface area contributed by atoms with Gasteiger partial charge in [0.1, 0.15) is 0 Å². The first-order valence-electron chi connectivity index (χ1n) is 2.30. The van der Waals surface area contributed by atoms with Gasteiger partial charge in [0, 0.05) is 0 Å². The zero-order valence-electron chi connectivity index (χ0n) is 5.37. The Labute approximate surface area is 66.6 Å². The molecule has 0 N–H and O–H groups in total. The number of hydrogen-bond acceptors (Lipinski definition) is 4. The van der Waals surface area contributed by atoms with Crippen molar-refractivity contribution < 1.29 is 19.8 Å². The molecule has 0 unspecified atom stereocenters. The summed E-state index contributed by atoms with van der Waals surface area (Å²) in [5, 5.41) is 18.8. The van der Waals surface area contributed by atoms with Crippen LogP contribution in [-0.4, -0.2) is 28.2 Å². The van der Waals surface area contributed by atoms with Crippen LogP contribution in [0.3, 0.4) is 0 Å². The van der Waals surface area contributed by atoms with Gasteiger partial charge in [-0.2, -0.15) is 0 Å². The van der Waals surface area contributed by atoms with E-state index in [0.29, 0.717) is 12.2 Å². The molecule has 0 rings (SSSR count). The number of carboxylic acid groups (broad SMARTS) is 2. The van der Waals surface area contributed by atoms with Crippen molar-refractivity contribution in [3.05, 3.63) is 12.2 Å². The third-order valence-electron chi connectivity index (χ3n) is 0.355. The molecule has 0 saturated heterocycles. The van der Waals surface area contributed by atoms with Crippen LogP contribution in [-0.2, 0) is 9.59 Å². The SMILES string of the molecule is O=C([O-])/C=C/C(=O)[O-].[CH3][Al+2]. The Balaban J connectivity index is 0. The van der Waals surface area contributed by atoms with Crippen LogP contribution in [0.5, 0.6) is 0 Å². The van der Waals surface area contributed by atoms with Crippen LogP contribution in [0, 0.1) is 0 Å². The van der Waals surface area contributed by atoms with Crippen LogP contribution in [0.25, 0.3) is 0 Å². The minimum atomic E-state index is -1.55. The van der Waals surface area contributed by atoms with Crippen LogP contribution in [0.1, 0.15) is 0 Å². The number of hydrogen-bond donors (Lipinski definition) is 0. The van der Waals surface area contributed by atoms with E-state index >= 15 is 0 Å². The summed E-state index contributed by atoms with van der Waals surface area (Å²) in [5.74, 6) is -1.18. The number of aliphatic carboxylic acids is 2. The minimum absolute atomic E-state index is 0.384. The van der Waals surface area contributed by atoms with E-state index < -0.39 is 11.9 Å². The van der Waals surface area contributed by atoms with E-state index in [2.05, 4.69) is 16.3 Å². The fraction of sp³-hybridized carbons (Fsp3) is 0.200. The molecule has 0 radical (unpaired) electrons. The molecule has 0 aliphatic carbocycles. The summed E-state index contributed by atoms with van der Waals surface area (Å²) in [6, 6.07) is 0. The first-order chi connectivity index (χ1) is 4.63. The van der Waals surface area contributed by atoms with Gasteiger partial charge in [-0.3, -0.25) is 0 Å². The Morgan fingerprint density at radius 3 is 1.40 bits per heavy atom. The van der Waals surface area contributed by atoms with Crippen molar-refractivity contribution in [2.75, 3.05) is 0 Å². The molecule has 0 amide bonds. The Morgan fingerprint density at radius 1 is 1.10 bits per heavy atom. The fourth-order valence-electron chi connectivity index (χ4n) is 0.136. The Bertz CT molecular complexity index is 125. The number of carboxylic acids is 2. The van der Waals surface area contributed by atoms with Crippen molar-refractivity contribution in [2.45, 2.75) is 5.79 Å². The first-order valence-corrected chi connectivity index (χ1v) is 3.46.